The zero-order chi connectivity index (χ0) is 16.3. The maximum atomic E-state index is 12.5. The second kappa shape index (κ2) is 6.84. The highest BCUT2D eigenvalue weighted by Gasteiger charge is 2.41. The lowest BCUT2D eigenvalue weighted by molar-refractivity contribution is -0.143. The molecule has 1 saturated heterocycles. The van der Waals surface area contributed by atoms with Gasteiger partial charge in [0.05, 0.1) is 12.2 Å². The number of carbonyl (C=O) groups is 1. The number of rotatable bonds is 5. The Labute approximate surface area is 137 Å². The van der Waals surface area contributed by atoms with Crippen LogP contribution in [0.1, 0.15) is 37.8 Å². The number of hydrogen-bond donors (Lipinski definition) is 2. The number of methoxy groups -OCH3 is 1. The van der Waals surface area contributed by atoms with Gasteiger partial charge in [-0.3, -0.25) is 4.79 Å². The molecule has 1 saturated carbocycles. The largest absolute Gasteiger partial charge is 0.368 e. The first-order valence-corrected chi connectivity index (χ1v) is 8.43. The van der Waals surface area contributed by atoms with Gasteiger partial charge in [0.15, 0.2) is 0 Å². The number of aromatic nitrogens is 1. The average molecular weight is 318 g/mol. The van der Waals surface area contributed by atoms with Crippen LogP contribution in [-0.4, -0.2) is 42.7 Å². The Morgan fingerprint density at radius 3 is 2.91 bits per heavy atom. The first-order chi connectivity index (χ1) is 11.1. The molecule has 0 aromatic carbocycles. The van der Waals surface area contributed by atoms with E-state index < -0.39 is 5.60 Å². The minimum atomic E-state index is -0.640. The fraction of sp³-hybridized carbons (Fsp3) is 0.647. The van der Waals surface area contributed by atoms with E-state index in [0.717, 1.165) is 56.7 Å². The van der Waals surface area contributed by atoms with Gasteiger partial charge in [0.1, 0.15) is 11.4 Å². The number of nitrogens with zero attached hydrogens (tertiary/aromatic N) is 2. The van der Waals surface area contributed by atoms with Crippen LogP contribution < -0.4 is 16.0 Å². The molecule has 6 nitrogen and oxygen atoms in total. The Hall–Kier alpha value is -1.66. The standard InChI is InChI=1S/C17H26N4O2/c1-23-17(8-2-3-9-17)16(22)19-11-14-5-4-6-15(20-14)21-10-7-13(18)12-21/h4-6,13H,2-3,7-12,18H2,1H3,(H,19,22). The van der Waals surface area contributed by atoms with Crippen molar-refractivity contribution in [1.82, 2.24) is 10.3 Å². The van der Waals surface area contributed by atoms with Crippen molar-refractivity contribution in [2.75, 3.05) is 25.1 Å². The van der Waals surface area contributed by atoms with Crippen molar-refractivity contribution in [3.63, 3.8) is 0 Å². The molecule has 2 aliphatic rings. The Balaban J connectivity index is 1.61. The van der Waals surface area contributed by atoms with Crippen molar-refractivity contribution in [1.29, 1.82) is 0 Å². The molecule has 1 aromatic rings. The van der Waals surface area contributed by atoms with E-state index in [1.165, 1.54) is 0 Å². The molecule has 0 bridgehead atoms. The molecule has 6 heteroatoms. The Morgan fingerprint density at radius 1 is 1.48 bits per heavy atom. The molecule has 1 amide bonds. The molecule has 1 atom stereocenters. The Kier molecular flexibility index (Phi) is 4.82. The molecule has 3 rings (SSSR count). The minimum absolute atomic E-state index is 0.0205. The highest BCUT2D eigenvalue weighted by molar-refractivity contribution is 5.85. The topological polar surface area (TPSA) is 80.5 Å². The summed E-state index contributed by atoms with van der Waals surface area (Å²) >= 11 is 0. The van der Waals surface area contributed by atoms with Gasteiger partial charge in [0, 0.05) is 26.2 Å². The summed E-state index contributed by atoms with van der Waals surface area (Å²) in [6.07, 6.45) is 4.69. The molecule has 23 heavy (non-hydrogen) atoms. The van der Waals surface area contributed by atoms with E-state index in [4.69, 9.17) is 10.5 Å². The predicted octanol–water partition coefficient (Wildman–Crippen LogP) is 1.19. The van der Waals surface area contributed by atoms with Crippen molar-refractivity contribution < 1.29 is 9.53 Å². The summed E-state index contributed by atoms with van der Waals surface area (Å²) in [5.41, 5.74) is 6.18. The Morgan fingerprint density at radius 2 is 2.26 bits per heavy atom. The van der Waals surface area contributed by atoms with Crippen molar-refractivity contribution in [3.8, 4) is 0 Å². The molecule has 0 radical (unpaired) electrons. The van der Waals surface area contributed by atoms with Crippen molar-refractivity contribution in [3.05, 3.63) is 23.9 Å². The summed E-state index contributed by atoms with van der Waals surface area (Å²) < 4.78 is 5.51. The highest BCUT2D eigenvalue weighted by Crippen LogP contribution is 2.32. The van der Waals surface area contributed by atoms with Crippen molar-refractivity contribution in [2.24, 2.45) is 5.73 Å². The highest BCUT2D eigenvalue weighted by atomic mass is 16.5. The predicted molar refractivity (Wildman–Crippen MR) is 89.1 cm³/mol. The summed E-state index contributed by atoms with van der Waals surface area (Å²) in [5, 5.41) is 2.99. The number of nitrogens with one attached hydrogen (secondary N) is 1. The van der Waals surface area contributed by atoms with Crippen LogP contribution in [0.25, 0.3) is 0 Å². The van der Waals surface area contributed by atoms with E-state index in [0.29, 0.717) is 6.54 Å². The van der Waals surface area contributed by atoms with Crippen LogP contribution in [0.5, 0.6) is 0 Å². The lowest BCUT2D eigenvalue weighted by atomic mass is 10.0. The van der Waals surface area contributed by atoms with Gasteiger partial charge in [-0.05, 0) is 44.2 Å². The van der Waals surface area contributed by atoms with Crippen LogP contribution in [0, 0.1) is 0 Å². The second-order valence-corrected chi connectivity index (χ2v) is 6.57. The van der Waals surface area contributed by atoms with Gasteiger partial charge < -0.3 is 20.7 Å². The fourth-order valence-corrected chi connectivity index (χ4v) is 3.54. The SMILES string of the molecule is COC1(C(=O)NCc2cccc(N3CCC(N)C3)n2)CCCC1. The van der Waals surface area contributed by atoms with Gasteiger partial charge in [-0.15, -0.1) is 0 Å². The summed E-state index contributed by atoms with van der Waals surface area (Å²) in [5.74, 6) is 0.917. The van der Waals surface area contributed by atoms with E-state index in [1.54, 1.807) is 7.11 Å². The molecule has 2 fully saturated rings. The zero-order valence-electron chi connectivity index (χ0n) is 13.8. The van der Waals surface area contributed by atoms with Crippen LogP contribution in [0.4, 0.5) is 5.82 Å². The molecule has 3 N–H and O–H groups in total. The fourth-order valence-electron chi connectivity index (χ4n) is 3.54. The molecular formula is C17H26N4O2. The van der Waals surface area contributed by atoms with Crippen LogP contribution in [-0.2, 0) is 16.1 Å². The van der Waals surface area contributed by atoms with Crippen LogP contribution in [0.15, 0.2) is 18.2 Å². The molecule has 0 spiro atoms. The smallest absolute Gasteiger partial charge is 0.252 e. The molecular weight excluding hydrogens is 292 g/mol. The normalized spacial score (nSPS) is 23.2. The van der Waals surface area contributed by atoms with Gasteiger partial charge in [-0.25, -0.2) is 4.98 Å². The third-order valence-corrected chi connectivity index (χ3v) is 4.99. The maximum absolute atomic E-state index is 12.5. The number of ether oxygens (including phenoxy) is 1. The van der Waals surface area contributed by atoms with E-state index >= 15 is 0 Å². The lowest BCUT2D eigenvalue weighted by Gasteiger charge is -2.26. The third kappa shape index (κ3) is 3.48. The van der Waals surface area contributed by atoms with Gasteiger partial charge in [0.2, 0.25) is 0 Å². The van der Waals surface area contributed by atoms with Gasteiger partial charge in [-0.1, -0.05) is 6.07 Å². The number of nitrogens with two attached hydrogens (primary N) is 1. The van der Waals surface area contributed by atoms with Crippen LogP contribution in [0.2, 0.25) is 0 Å². The summed E-state index contributed by atoms with van der Waals surface area (Å²) in [6.45, 7) is 2.21. The van der Waals surface area contributed by atoms with Crippen LogP contribution in [0.3, 0.4) is 0 Å². The number of carbonyl (C=O) groups excluding carboxylic acids is 1. The minimum Gasteiger partial charge on any atom is -0.368 e. The maximum Gasteiger partial charge on any atom is 0.252 e. The molecule has 2 heterocycles. The van der Waals surface area contributed by atoms with E-state index in [1.807, 2.05) is 18.2 Å². The summed E-state index contributed by atoms with van der Waals surface area (Å²) in [7, 11) is 1.63. The van der Waals surface area contributed by atoms with Gasteiger partial charge in [-0.2, -0.15) is 0 Å². The lowest BCUT2D eigenvalue weighted by Crippen LogP contribution is -2.46. The van der Waals surface area contributed by atoms with Gasteiger partial charge in [0.25, 0.3) is 5.91 Å². The van der Waals surface area contributed by atoms with Crippen molar-refractivity contribution in [2.45, 2.75) is 50.3 Å². The monoisotopic (exact) mass is 318 g/mol. The first kappa shape index (κ1) is 16.2. The molecule has 1 aliphatic heterocycles. The van der Waals surface area contributed by atoms with Crippen LogP contribution >= 0.6 is 0 Å². The second-order valence-electron chi connectivity index (χ2n) is 6.57. The molecule has 1 aliphatic carbocycles. The van der Waals surface area contributed by atoms with E-state index in [9.17, 15) is 4.79 Å². The molecule has 1 unspecified atom stereocenters. The summed E-state index contributed by atoms with van der Waals surface area (Å²) in [6, 6.07) is 6.14. The van der Waals surface area contributed by atoms with Crippen molar-refractivity contribution >= 4 is 11.7 Å². The number of anilines is 1. The first-order valence-electron chi connectivity index (χ1n) is 8.43. The average Bonchev–Trinajstić information content (AvgIpc) is 3.22. The zero-order valence-corrected chi connectivity index (χ0v) is 13.8. The number of amides is 1. The molecule has 126 valence electrons. The number of hydrogen-bond acceptors (Lipinski definition) is 5. The van der Waals surface area contributed by atoms with E-state index in [-0.39, 0.29) is 11.9 Å². The summed E-state index contributed by atoms with van der Waals surface area (Å²) in [4.78, 5) is 19.3. The van der Waals surface area contributed by atoms with E-state index in [2.05, 4.69) is 15.2 Å². The van der Waals surface area contributed by atoms with Gasteiger partial charge >= 0.3 is 0 Å². The number of pyridine rings is 1. The Bertz CT molecular complexity index is 557. The third-order valence-electron chi connectivity index (χ3n) is 4.99. The quantitative estimate of drug-likeness (QED) is 0.852. The molecule has 1 aromatic heterocycles.